The number of nitrogens with one attached hydrogen (secondary N) is 1. The molecule has 3 N–H and O–H groups in total. The largest absolute Gasteiger partial charge is 0.379 e. The van der Waals surface area contributed by atoms with Gasteiger partial charge in [0.05, 0.1) is 12.0 Å². The number of amides is 1. The molecular formula is C10H18N2O2. The molecule has 1 saturated carbocycles. The van der Waals surface area contributed by atoms with Crippen molar-refractivity contribution in [1.29, 1.82) is 0 Å². The summed E-state index contributed by atoms with van der Waals surface area (Å²) >= 11 is 0. The number of hydrogen-bond donors (Lipinski definition) is 2. The highest BCUT2D eigenvalue weighted by molar-refractivity contribution is 5.77. The van der Waals surface area contributed by atoms with E-state index in [1.807, 2.05) is 6.92 Å². The van der Waals surface area contributed by atoms with Gasteiger partial charge in [0.1, 0.15) is 0 Å². The Morgan fingerprint density at radius 1 is 1.57 bits per heavy atom. The van der Waals surface area contributed by atoms with Crippen molar-refractivity contribution < 1.29 is 9.53 Å². The molecule has 1 amide bonds. The number of carbonyl (C=O) groups is 1. The smallest absolute Gasteiger partial charge is 0.222 e. The first-order valence-corrected chi connectivity index (χ1v) is 5.21. The van der Waals surface area contributed by atoms with Crippen LogP contribution in [-0.4, -0.2) is 31.2 Å². The minimum absolute atomic E-state index is 0.0692. The number of primary amides is 1. The van der Waals surface area contributed by atoms with E-state index in [1.165, 1.54) is 6.42 Å². The van der Waals surface area contributed by atoms with Crippen LogP contribution in [0.25, 0.3) is 0 Å². The Kier molecular flexibility index (Phi) is 2.49. The number of fused-ring (bicyclic) bond motifs is 1. The number of rotatable bonds is 4. The molecule has 0 spiro atoms. The van der Waals surface area contributed by atoms with Crippen LogP contribution in [-0.2, 0) is 9.53 Å². The van der Waals surface area contributed by atoms with Crippen LogP contribution in [0.4, 0.5) is 0 Å². The lowest BCUT2D eigenvalue weighted by Crippen LogP contribution is -2.46. The van der Waals surface area contributed by atoms with Gasteiger partial charge in [0.15, 0.2) is 0 Å². The van der Waals surface area contributed by atoms with E-state index in [4.69, 9.17) is 10.5 Å². The number of methoxy groups -OCH3 is 1. The minimum atomic E-state index is -0.278. The molecule has 0 unspecified atom stereocenters. The second kappa shape index (κ2) is 3.51. The van der Waals surface area contributed by atoms with E-state index in [0.717, 1.165) is 12.3 Å². The zero-order valence-electron chi connectivity index (χ0n) is 8.69. The molecule has 4 heteroatoms. The van der Waals surface area contributed by atoms with Crippen LogP contribution < -0.4 is 11.1 Å². The van der Waals surface area contributed by atoms with E-state index >= 15 is 0 Å². The summed E-state index contributed by atoms with van der Waals surface area (Å²) in [5, 5.41) is 3.48. The van der Waals surface area contributed by atoms with Crippen molar-refractivity contribution >= 4 is 5.91 Å². The van der Waals surface area contributed by atoms with E-state index in [2.05, 4.69) is 5.32 Å². The Morgan fingerprint density at radius 2 is 2.29 bits per heavy atom. The van der Waals surface area contributed by atoms with E-state index in [0.29, 0.717) is 12.1 Å². The summed E-state index contributed by atoms with van der Waals surface area (Å²) in [6.07, 6.45) is 2.35. The topological polar surface area (TPSA) is 64.3 Å². The van der Waals surface area contributed by atoms with Gasteiger partial charge in [-0.1, -0.05) is 6.92 Å². The van der Waals surface area contributed by atoms with Crippen LogP contribution in [0, 0.1) is 11.8 Å². The Bertz CT molecular complexity index is 234. The summed E-state index contributed by atoms with van der Waals surface area (Å²) < 4.78 is 5.36. The standard InChI is InChI=1S/C10H18N2O2/c1-5(10(11)13)9(14-2)8-4-6-3-7(6)12-8/h5-9,12H,3-4H2,1-2H3,(H2,11,13)/t5-,6+,7+,8+,9-/m1/s1. The maximum Gasteiger partial charge on any atom is 0.222 e. The molecule has 0 radical (unpaired) electrons. The molecule has 1 heterocycles. The maximum absolute atomic E-state index is 11.1. The molecule has 1 aliphatic carbocycles. The summed E-state index contributed by atoms with van der Waals surface area (Å²) in [7, 11) is 1.65. The number of ether oxygens (including phenoxy) is 1. The van der Waals surface area contributed by atoms with Gasteiger partial charge in [-0.3, -0.25) is 4.79 Å². The van der Waals surface area contributed by atoms with Gasteiger partial charge in [-0.15, -0.1) is 0 Å². The van der Waals surface area contributed by atoms with E-state index in [1.54, 1.807) is 7.11 Å². The van der Waals surface area contributed by atoms with Crippen molar-refractivity contribution in [2.24, 2.45) is 17.6 Å². The summed E-state index contributed by atoms with van der Waals surface area (Å²) in [5.41, 5.74) is 5.28. The lowest BCUT2D eigenvalue weighted by atomic mass is 9.95. The van der Waals surface area contributed by atoms with Crippen LogP contribution in [0.5, 0.6) is 0 Å². The lowest BCUT2D eigenvalue weighted by Gasteiger charge is -2.27. The highest BCUT2D eigenvalue weighted by Crippen LogP contribution is 2.42. The van der Waals surface area contributed by atoms with Crippen molar-refractivity contribution in [2.75, 3.05) is 7.11 Å². The third-order valence-electron chi connectivity index (χ3n) is 3.52. The minimum Gasteiger partial charge on any atom is -0.379 e. The summed E-state index contributed by atoms with van der Waals surface area (Å²) in [5.74, 6) is 0.326. The molecular weight excluding hydrogens is 180 g/mol. The molecule has 1 aliphatic heterocycles. The fourth-order valence-electron chi connectivity index (χ4n) is 2.49. The number of hydrogen-bond acceptors (Lipinski definition) is 3. The zero-order valence-corrected chi connectivity index (χ0v) is 8.69. The second-order valence-electron chi connectivity index (χ2n) is 4.50. The van der Waals surface area contributed by atoms with E-state index in [-0.39, 0.29) is 17.9 Å². The van der Waals surface area contributed by atoms with Gasteiger partial charge in [0, 0.05) is 19.2 Å². The quantitative estimate of drug-likeness (QED) is 0.661. The van der Waals surface area contributed by atoms with Crippen LogP contribution >= 0.6 is 0 Å². The first-order valence-electron chi connectivity index (χ1n) is 5.21. The summed E-state index contributed by atoms with van der Waals surface area (Å²) in [6.45, 7) is 1.84. The lowest BCUT2D eigenvalue weighted by molar-refractivity contribution is -0.126. The predicted octanol–water partition coefficient (Wildman–Crippen LogP) is -0.127. The van der Waals surface area contributed by atoms with Gasteiger partial charge in [0.2, 0.25) is 5.91 Å². The molecule has 0 bridgehead atoms. The van der Waals surface area contributed by atoms with Crippen molar-refractivity contribution in [2.45, 2.75) is 38.0 Å². The van der Waals surface area contributed by atoms with Crippen LogP contribution in [0.15, 0.2) is 0 Å². The first-order chi connectivity index (χ1) is 6.63. The average molecular weight is 198 g/mol. The predicted molar refractivity (Wildman–Crippen MR) is 52.6 cm³/mol. The molecule has 0 aromatic rings. The van der Waals surface area contributed by atoms with E-state index in [9.17, 15) is 4.79 Å². The van der Waals surface area contributed by atoms with Gasteiger partial charge in [-0.05, 0) is 18.8 Å². The zero-order chi connectivity index (χ0) is 10.3. The maximum atomic E-state index is 11.1. The Morgan fingerprint density at radius 3 is 2.71 bits per heavy atom. The molecule has 2 aliphatic rings. The van der Waals surface area contributed by atoms with Crippen LogP contribution in [0.3, 0.4) is 0 Å². The van der Waals surface area contributed by atoms with Gasteiger partial charge >= 0.3 is 0 Å². The van der Waals surface area contributed by atoms with Crippen LogP contribution in [0.1, 0.15) is 19.8 Å². The second-order valence-corrected chi connectivity index (χ2v) is 4.50. The highest BCUT2D eigenvalue weighted by Gasteiger charge is 2.49. The molecule has 0 aromatic carbocycles. The first kappa shape index (κ1) is 9.93. The number of nitrogens with two attached hydrogens (primary N) is 1. The third kappa shape index (κ3) is 1.64. The molecule has 4 nitrogen and oxygen atoms in total. The highest BCUT2D eigenvalue weighted by atomic mass is 16.5. The van der Waals surface area contributed by atoms with Crippen LogP contribution in [0.2, 0.25) is 0 Å². The number of piperidine rings is 1. The molecule has 80 valence electrons. The average Bonchev–Trinajstić information content (AvgIpc) is 2.75. The van der Waals surface area contributed by atoms with Crippen molar-refractivity contribution in [1.82, 2.24) is 5.32 Å². The Hall–Kier alpha value is -0.610. The van der Waals surface area contributed by atoms with Gasteiger partial charge in [0.25, 0.3) is 0 Å². The van der Waals surface area contributed by atoms with Crippen molar-refractivity contribution in [3.8, 4) is 0 Å². The normalized spacial score (nSPS) is 38.9. The summed E-state index contributed by atoms with van der Waals surface area (Å²) in [6, 6.07) is 0.990. The van der Waals surface area contributed by atoms with Crippen molar-refractivity contribution in [3.63, 3.8) is 0 Å². The molecule has 0 aromatic heterocycles. The number of carbonyl (C=O) groups excluding carboxylic acids is 1. The molecule has 2 rings (SSSR count). The third-order valence-corrected chi connectivity index (χ3v) is 3.52. The molecule has 14 heavy (non-hydrogen) atoms. The Labute approximate surface area is 84.2 Å². The van der Waals surface area contributed by atoms with Gasteiger partial charge < -0.3 is 15.8 Å². The monoisotopic (exact) mass is 198 g/mol. The molecule has 5 atom stereocenters. The molecule has 1 saturated heterocycles. The van der Waals surface area contributed by atoms with E-state index < -0.39 is 0 Å². The molecule has 2 fully saturated rings. The summed E-state index contributed by atoms with van der Waals surface area (Å²) in [4.78, 5) is 11.1. The Balaban J connectivity index is 1.95. The van der Waals surface area contributed by atoms with Gasteiger partial charge in [-0.25, -0.2) is 0 Å². The SMILES string of the molecule is CO[C@@H]([C@@H]1C[C@@H]2C[C@@H]2N1)[C@@H](C)C(N)=O. The fourth-order valence-corrected chi connectivity index (χ4v) is 2.49. The van der Waals surface area contributed by atoms with Gasteiger partial charge in [-0.2, -0.15) is 0 Å². The van der Waals surface area contributed by atoms with Crippen molar-refractivity contribution in [3.05, 3.63) is 0 Å². The fraction of sp³-hybridized carbons (Fsp3) is 0.900.